The summed E-state index contributed by atoms with van der Waals surface area (Å²) in [6, 6.07) is 0.992. The van der Waals surface area contributed by atoms with E-state index in [4.69, 9.17) is 5.11 Å². The Morgan fingerprint density at radius 1 is 1.24 bits per heavy atom. The third-order valence-electron chi connectivity index (χ3n) is 3.76. The number of carboxylic acid groups (broad SMARTS) is 1. The summed E-state index contributed by atoms with van der Waals surface area (Å²) in [6.45, 7) is 0.213. The summed E-state index contributed by atoms with van der Waals surface area (Å²) < 4.78 is 0. The fourth-order valence-electron chi connectivity index (χ4n) is 2.69. The Balaban J connectivity index is 2.01. The highest BCUT2D eigenvalue weighted by molar-refractivity contribution is 5.92. The molecule has 0 spiro atoms. The second kappa shape index (κ2) is 6.38. The summed E-state index contributed by atoms with van der Waals surface area (Å²) in [7, 11) is 0. The number of aliphatic carboxylic acids is 1. The van der Waals surface area contributed by atoms with Gasteiger partial charge < -0.3 is 15.4 Å². The van der Waals surface area contributed by atoms with Crippen LogP contribution < -0.4 is 16.6 Å². The Bertz CT molecular complexity index is 619. The van der Waals surface area contributed by atoms with E-state index < -0.39 is 29.0 Å². The van der Waals surface area contributed by atoms with E-state index in [2.05, 4.69) is 10.3 Å². The molecular weight excluding hydrogens is 278 g/mol. The number of nitrogens with one attached hydrogen (secondary N) is 3. The minimum Gasteiger partial charge on any atom is -0.481 e. The zero-order valence-electron chi connectivity index (χ0n) is 11.3. The van der Waals surface area contributed by atoms with Crippen molar-refractivity contribution in [3.05, 3.63) is 32.6 Å². The number of aromatic amines is 2. The van der Waals surface area contributed by atoms with E-state index in [-0.39, 0.29) is 18.2 Å². The summed E-state index contributed by atoms with van der Waals surface area (Å²) in [5.41, 5.74) is -1.55. The van der Waals surface area contributed by atoms with E-state index in [9.17, 15) is 19.2 Å². The normalized spacial score (nSPS) is 21.7. The number of H-pyrrole nitrogens is 2. The number of hydrogen-bond donors (Lipinski definition) is 4. The third kappa shape index (κ3) is 3.80. The van der Waals surface area contributed by atoms with Crippen molar-refractivity contribution in [1.29, 1.82) is 0 Å². The maximum absolute atomic E-state index is 11.9. The van der Waals surface area contributed by atoms with Gasteiger partial charge >= 0.3 is 11.7 Å². The van der Waals surface area contributed by atoms with Crippen molar-refractivity contribution in [2.24, 2.45) is 11.8 Å². The highest BCUT2D eigenvalue weighted by Gasteiger charge is 2.30. The Labute approximate surface area is 119 Å². The van der Waals surface area contributed by atoms with Gasteiger partial charge in [-0.25, -0.2) is 4.79 Å². The molecule has 1 heterocycles. The molecule has 1 aliphatic carbocycles. The molecule has 0 radical (unpaired) electrons. The molecule has 0 aromatic carbocycles. The van der Waals surface area contributed by atoms with E-state index in [0.29, 0.717) is 6.42 Å². The van der Waals surface area contributed by atoms with Gasteiger partial charge in [0.05, 0.1) is 5.92 Å². The summed E-state index contributed by atoms with van der Waals surface area (Å²) in [5.74, 6) is -2.03. The van der Waals surface area contributed by atoms with Gasteiger partial charge in [0, 0.05) is 12.6 Å². The fraction of sp³-hybridized carbons (Fsp3) is 0.538. The smallest absolute Gasteiger partial charge is 0.326 e. The van der Waals surface area contributed by atoms with Crippen LogP contribution in [0.5, 0.6) is 0 Å². The van der Waals surface area contributed by atoms with Crippen molar-refractivity contribution in [1.82, 2.24) is 15.3 Å². The highest BCUT2D eigenvalue weighted by Crippen LogP contribution is 2.29. The molecule has 2 rings (SSSR count). The average Bonchev–Trinajstić information content (AvgIpc) is 2.43. The molecule has 2 unspecified atom stereocenters. The van der Waals surface area contributed by atoms with Crippen molar-refractivity contribution < 1.29 is 14.7 Å². The van der Waals surface area contributed by atoms with Crippen LogP contribution in [0.15, 0.2) is 15.7 Å². The molecule has 1 aliphatic rings. The maximum atomic E-state index is 11.9. The van der Waals surface area contributed by atoms with Gasteiger partial charge in [-0.05, 0) is 18.8 Å². The molecule has 1 aromatic heterocycles. The lowest BCUT2D eigenvalue weighted by Gasteiger charge is -2.28. The van der Waals surface area contributed by atoms with Gasteiger partial charge in [-0.2, -0.15) is 0 Å². The summed E-state index contributed by atoms with van der Waals surface area (Å²) >= 11 is 0. The number of hydrogen-bond acceptors (Lipinski definition) is 4. The molecule has 4 N–H and O–H groups in total. The monoisotopic (exact) mass is 295 g/mol. The second-order valence-corrected chi connectivity index (χ2v) is 5.20. The number of carbonyl (C=O) groups excluding carboxylic acids is 1. The van der Waals surface area contributed by atoms with Gasteiger partial charge in [-0.1, -0.05) is 12.8 Å². The van der Waals surface area contributed by atoms with Gasteiger partial charge in [0.25, 0.3) is 11.5 Å². The first-order chi connectivity index (χ1) is 9.97. The molecule has 8 nitrogen and oxygen atoms in total. The number of aromatic nitrogens is 2. The van der Waals surface area contributed by atoms with Crippen molar-refractivity contribution in [3.63, 3.8) is 0 Å². The molecular formula is C13H17N3O5. The van der Waals surface area contributed by atoms with Crippen LogP contribution in [0.25, 0.3) is 0 Å². The van der Waals surface area contributed by atoms with Crippen molar-refractivity contribution in [2.75, 3.05) is 6.54 Å². The van der Waals surface area contributed by atoms with E-state index >= 15 is 0 Å². The lowest BCUT2D eigenvalue weighted by molar-refractivity contribution is -0.144. The SMILES string of the molecule is O=C(NCC1CCCCC1C(=O)O)c1cc(=O)[nH]c(=O)[nH]1. The minimum absolute atomic E-state index is 0.131. The maximum Gasteiger partial charge on any atom is 0.326 e. The van der Waals surface area contributed by atoms with E-state index in [1.165, 1.54) is 0 Å². The zero-order valence-corrected chi connectivity index (χ0v) is 11.3. The number of carboxylic acids is 1. The lowest BCUT2D eigenvalue weighted by atomic mass is 9.79. The molecule has 1 aromatic rings. The van der Waals surface area contributed by atoms with Crippen LogP contribution in [0.4, 0.5) is 0 Å². The molecule has 1 amide bonds. The molecule has 8 heteroatoms. The minimum atomic E-state index is -0.849. The number of rotatable bonds is 4. The molecule has 1 fully saturated rings. The van der Waals surface area contributed by atoms with Gasteiger partial charge in [0.15, 0.2) is 0 Å². The lowest BCUT2D eigenvalue weighted by Crippen LogP contribution is -2.38. The third-order valence-corrected chi connectivity index (χ3v) is 3.76. The standard InChI is InChI=1S/C13H17N3O5/c17-10-5-9(15-13(21)16-10)11(18)14-6-7-3-1-2-4-8(7)12(19)20/h5,7-8H,1-4,6H2,(H,14,18)(H,19,20)(H2,15,16,17,21). The van der Waals surface area contributed by atoms with Gasteiger partial charge in [0.1, 0.15) is 5.69 Å². The fourth-order valence-corrected chi connectivity index (χ4v) is 2.69. The van der Waals surface area contributed by atoms with Crippen molar-refractivity contribution in [2.45, 2.75) is 25.7 Å². The molecule has 0 aliphatic heterocycles. The Morgan fingerprint density at radius 2 is 1.95 bits per heavy atom. The van der Waals surface area contributed by atoms with Gasteiger partial charge in [-0.15, -0.1) is 0 Å². The Morgan fingerprint density at radius 3 is 2.62 bits per heavy atom. The first kappa shape index (κ1) is 15.0. The molecule has 1 saturated carbocycles. The number of carbonyl (C=O) groups is 2. The summed E-state index contributed by atoms with van der Waals surface area (Å²) in [5, 5.41) is 11.7. The van der Waals surface area contributed by atoms with Gasteiger partial charge in [0.2, 0.25) is 0 Å². The van der Waals surface area contributed by atoms with Gasteiger partial charge in [-0.3, -0.25) is 19.4 Å². The van der Waals surface area contributed by atoms with Crippen LogP contribution in [-0.4, -0.2) is 33.5 Å². The van der Waals surface area contributed by atoms with Crippen LogP contribution >= 0.6 is 0 Å². The van der Waals surface area contributed by atoms with Crippen LogP contribution in [0.3, 0.4) is 0 Å². The van der Waals surface area contributed by atoms with E-state index in [0.717, 1.165) is 25.3 Å². The average molecular weight is 295 g/mol. The topological polar surface area (TPSA) is 132 Å². The van der Waals surface area contributed by atoms with Crippen LogP contribution in [0, 0.1) is 11.8 Å². The van der Waals surface area contributed by atoms with Crippen molar-refractivity contribution in [3.8, 4) is 0 Å². The second-order valence-electron chi connectivity index (χ2n) is 5.20. The molecule has 114 valence electrons. The van der Waals surface area contributed by atoms with Crippen molar-refractivity contribution >= 4 is 11.9 Å². The first-order valence-corrected chi connectivity index (χ1v) is 6.82. The Hall–Kier alpha value is -2.38. The van der Waals surface area contributed by atoms with E-state index in [1.54, 1.807) is 0 Å². The molecule has 2 atom stereocenters. The van der Waals surface area contributed by atoms with E-state index in [1.807, 2.05) is 4.98 Å². The highest BCUT2D eigenvalue weighted by atomic mass is 16.4. The predicted octanol–water partition coefficient (Wildman–Crippen LogP) is -0.316. The first-order valence-electron chi connectivity index (χ1n) is 6.82. The molecule has 0 saturated heterocycles. The molecule has 0 bridgehead atoms. The molecule has 21 heavy (non-hydrogen) atoms. The van der Waals surface area contributed by atoms with Crippen LogP contribution in [0.1, 0.15) is 36.2 Å². The van der Waals surface area contributed by atoms with Crippen LogP contribution in [0.2, 0.25) is 0 Å². The zero-order chi connectivity index (χ0) is 15.4. The number of amides is 1. The Kier molecular flexibility index (Phi) is 4.56. The summed E-state index contributed by atoms with van der Waals surface area (Å²) in [6.07, 6.45) is 3.16. The predicted molar refractivity (Wildman–Crippen MR) is 73.1 cm³/mol. The largest absolute Gasteiger partial charge is 0.481 e. The van der Waals surface area contributed by atoms with Crippen LogP contribution in [-0.2, 0) is 4.79 Å². The quantitative estimate of drug-likeness (QED) is 0.604. The summed E-state index contributed by atoms with van der Waals surface area (Å²) in [4.78, 5) is 49.5.